The van der Waals surface area contributed by atoms with E-state index in [0.717, 1.165) is 35.0 Å². The lowest BCUT2D eigenvalue weighted by Gasteiger charge is -2.27. The van der Waals surface area contributed by atoms with Gasteiger partial charge in [0.1, 0.15) is 0 Å². The number of rotatable bonds is 4. The molecule has 0 spiro atoms. The number of fused-ring (bicyclic) bond motifs is 1. The van der Waals surface area contributed by atoms with Crippen LogP contribution in [0.15, 0.2) is 79.1 Å². The molecule has 158 valence electrons. The second-order valence-corrected chi connectivity index (χ2v) is 7.82. The second kappa shape index (κ2) is 8.59. The van der Waals surface area contributed by atoms with Crippen LogP contribution >= 0.6 is 0 Å². The highest BCUT2D eigenvalue weighted by atomic mass is 16.2. The van der Waals surface area contributed by atoms with Gasteiger partial charge in [-0.05, 0) is 55.3 Å². The highest BCUT2D eigenvalue weighted by Gasteiger charge is 2.20. The Kier molecular flexibility index (Phi) is 5.34. The third kappa shape index (κ3) is 3.95. The van der Waals surface area contributed by atoms with Crippen molar-refractivity contribution in [1.29, 1.82) is 0 Å². The first kappa shape index (κ1) is 19.9. The first-order valence-corrected chi connectivity index (χ1v) is 10.7. The van der Waals surface area contributed by atoms with E-state index in [4.69, 9.17) is 4.98 Å². The molecule has 0 aliphatic carbocycles. The summed E-state index contributed by atoms with van der Waals surface area (Å²) in [6.45, 7) is 0.709. The number of anilines is 2. The largest absolute Gasteiger partial charge is 0.322 e. The number of carbonyl (C=O) groups excluding carboxylic acids is 2. The van der Waals surface area contributed by atoms with Crippen molar-refractivity contribution in [3.8, 4) is 11.3 Å². The van der Waals surface area contributed by atoms with Crippen LogP contribution in [0.1, 0.15) is 29.6 Å². The number of amides is 2. The fourth-order valence-corrected chi connectivity index (χ4v) is 4.06. The number of nitrogens with one attached hydrogen (secondary N) is 1. The number of nitrogens with zero attached hydrogens (tertiary/aromatic N) is 3. The van der Waals surface area contributed by atoms with E-state index >= 15 is 0 Å². The molecule has 6 nitrogen and oxygen atoms in total. The van der Waals surface area contributed by atoms with E-state index in [2.05, 4.69) is 10.3 Å². The number of piperidine rings is 1. The normalized spacial score (nSPS) is 13.9. The predicted octanol–water partition coefficient (Wildman–Crippen LogP) is 5.07. The van der Waals surface area contributed by atoms with Crippen LogP contribution in [-0.4, -0.2) is 28.3 Å². The number of carbonyl (C=O) groups is 2. The van der Waals surface area contributed by atoms with Gasteiger partial charge in [0.15, 0.2) is 0 Å². The molecule has 2 amide bonds. The van der Waals surface area contributed by atoms with E-state index in [1.165, 1.54) is 0 Å². The quantitative estimate of drug-likeness (QED) is 0.498. The molecule has 0 atom stereocenters. The van der Waals surface area contributed by atoms with Crippen molar-refractivity contribution in [1.82, 2.24) is 9.97 Å². The summed E-state index contributed by atoms with van der Waals surface area (Å²) in [5, 5.41) is 3.79. The van der Waals surface area contributed by atoms with Crippen LogP contribution in [-0.2, 0) is 4.79 Å². The minimum absolute atomic E-state index is 0.127. The number of para-hydroxylation sites is 1. The van der Waals surface area contributed by atoms with E-state index in [0.29, 0.717) is 29.9 Å². The molecule has 4 aromatic rings. The van der Waals surface area contributed by atoms with Gasteiger partial charge in [0, 0.05) is 47.7 Å². The molecule has 1 N–H and O–H groups in total. The molecule has 5 rings (SSSR count). The van der Waals surface area contributed by atoms with Gasteiger partial charge in [-0.25, -0.2) is 4.98 Å². The van der Waals surface area contributed by atoms with E-state index in [1.807, 2.05) is 66.7 Å². The molecule has 0 unspecified atom stereocenters. The van der Waals surface area contributed by atoms with Crippen molar-refractivity contribution in [2.24, 2.45) is 0 Å². The molecule has 6 heteroatoms. The molecule has 2 aromatic carbocycles. The molecule has 1 fully saturated rings. The van der Waals surface area contributed by atoms with Gasteiger partial charge in [0.25, 0.3) is 5.91 Å². The lowest BCUT2D eigenvalue weighted by atomic mass is 10.0. The Morgan fingerprint density at radius 2 is 1.78 bits per heavy atom. The maximum absolute atomic E-state index is 13.3. The number of benzene rings is 2. The summed E-state index contributed by atoms with van der Waals surface area (Å²) < 4.78 is 0. The van der Waals surface area contributed by atoms with E-state index < -0.39 is 0 Å². The van der Waals surface area contributed by atoms with Crippen molar-refractivity contribution in [2.75, 3.05) is 16.8 Å². The number of aromatic nitrogens is 2. The Morgan fingerprint density at radius 3 is 2.62 bits per heavy atom. The molecule has 1 aliphatic rings. The summed E-state index contributed by atoms with van der Waals surface area (Å²) in [4.78, 5) is 36.2. The summed E-state index contributed by atoms with van der Waals surface area (Å²) in [5.41, 5.74) is 4.36. The Bertz CT molecular complexity index is 1300. The van der Waals surface area contributed by atoms with E-state index in [-0.39, 0.29) is 11.8 Å². The number of hydrogen-bond donors (Lipinski definition) is 1. The van der Waals surface area contributed by atoms with Crippen LogP contribution in [0.2, 0.25) is 0 Å². The summed E-state index contributed by atoms with van der Waals surface area (Å²) in [5.74, 6) is -0.0946. The Labute approximate surface area is 185 Å². The average molecular weight is 422 g/mol. The van der Waals surface area contributed by atoms with E-state index in [9.17, 15) is 9.59 Å². The topological polar surface area (TPSA) is 75.2 Å². The zero-order chi connectivity index (χ0) is 21.9. The van der Waals surface area contributed by atoms with Crippen molar-refractivity contribution >= 4 is 34.1 Å². The van der Waals surface area contributed by atoms with Crippen molar-refractivity contribution in [3.05, 3.63) is 84.7 Å². The number of hydrogen-bond acceptors (Lipinski definition) is 4. The molecule has 32 heavy (non-hydrogen) atoms. The van der Waals surface area contributed by atoms with Gasteiger partial charge in [0.2, 0.25) is 5.91 Å². The molecule has 1 saturated heterocycles. The van der Waals surface area contributed by atoms with E-state index in [1.54, 1.807) is 17.3 Å². The Hall–Kier alpha value is -4.06. The molecule has 1 aliphatic heterocycles. The summed E-state index contributed by atoms with van der Waals surface area (Å²) in [6.07, 6.45) is 5.90. The van der Waals surface area contributed by atoms with Gasteiger partial charge >= 0.3 is 0 Å². The lowest BCUT2D eigenvalue weighted by Crippen LogP contribution is -2.35. The minimum atomic E-state index is -0.221. The molecule has 0 saturated carbocycles. The van der Waals surface area contributed by atoms with Crippen LogP contribution < -0.4 is 10.2 Å². The van der Waals surface area contributed by atoms with Crippen molar-refractivity contribution in [2.45, 2.75) is 19.3 Å². The number of pyridine rings is 2. The van der Waals surface area contributed by atoms with Gasteiger partial charge in [-0.3, -0.25) is 14.6 Å². The third-order valence-electron chi connectivity index (χ3n) is 5.68. The first-order chi connectivity index (χ1) is 15.7. The summed E-state index contributed by atoms with van der Waals surface area (Å²) in [7, 11) is 0. The predicted molar refractivity (Wildman–Crippen MR) is 126 cm³/mol. The first-order valence-electron chi connectivity index (χ1n) is 10.7. The average Bonchev–Trinajstić information content (AvgIpc) is 2.84. The van der Waals surface area contributed by atoms with Gasteiger partial charge in [-0.1, -0.05) is 24.3 Å². The smallest absolute Gasteiger partial charge is 0.256 e. The molecule has 0 radical (unpaired) electrons. The monoisotopic (exact) mass is 422 g/mol. The van der Waals surface area contributed by atoms with Crippen molar-refractivity contribution < 1.29 is 9.59 Å². The maximum atomic E-state index is 13.3. The van der Waals surface area contributed by atoms with Crippen molar-refractivity contribution in [3.63, 3.8) is 0 Å². The summed E-state index contributed by atoms with van der Waals surface area (Å²) >= 11 is 0. The highest BCUT2D eigenvalue weighted by Crippen LogP contribution is 2.27. The Balaban J connectivity index is 1.49. The Morgan fingerprint density at radius 1 is 0.938 bits per heavy atom. The van der Waals surface area contributed by atoms with Crippen LogP contribution in [0.25, 0.3) is 22.2 Å². The SMILES string of the molecule is O=C(Nc1cccc(N2CCCCC2=O)c1)c1cc(-c2ccncc2)nc2ccccc12. The van der Waals surface area contributed by atoms with Gasteiger partial charge in [0.05, 0.1) is 16.8 Å². The van der Waals surface area contributed by atoms with Gasteiger partial charge in [-0.15, -0.1) is 0 Å². The fourth-order valence-electron chi connectivity index (χ4n) is 4.06. The highest BCUT2D eigenvalue weighted by molar-refractivity contribution is 6.13. The molecular weight excluding hydrogens is 400 g/mol. The second-order valence-electron chi connectivity index (χ2n) is 7.82. The zero-order valence-electron chi connectivity index (χ0n) is 17.5. The zero-order valence-corrected chi connectivity index (χ0v) is 17.5. The van der Waals surface area contributed by atoms with Gasteiger partial charge < -0.3 is 10.2 Å². The molecule has 0 bridgehead atoms. The molecule has 3 heterocycles. The summed E-state index contributed by atoms with van der Waals surface area (Å²) in [6, 6.07) is 20.6. The van der Waals surface area contributed by atoms with Crippen LogP contribution in [0.3, 0.4) is 0 Å². The third-order valence-corrected chi connectivity index (χ3v) is 5.68. The molecule has 2 aromatic heterocycles. The molecular formula is C26H22N4O2. The van der Waals surface area contributed by atoms with Crippen LogP contribution in [0.4, 0.5) is 11.4 Å². The van der Waals surface area contributed by atoms with Crippen LogP contribution in [0, 0.1) is 0 Å². The fraction of sp³-hybridized carbons (Fsp3) is 0.154. The maximum Gasteiger partial charge on any atom is 0.256 e. The standard InChI is InChI=1S/C26H22N4O2/c31-25-10-3-4-15-30(25)20-7-5-6-19(16-20)28-26(32)22-17-24(18-11-13-27-14-12-18)29-23-9-2-1-8-21(22)23/h1-2,5-9,11-14,16-17H,3-4,10,15H2,(H,28,32). The minimum Gasteiger partial charge on any atom is -0.322 e. The van der Waals surface area contributed by atoms with Crippen LogP contribution in [0.5, 0.6) is 0 Å². The lowest BCUT2D eigenvalue weighted by molar-refractivity contribution is -0.119. The van der Waals surface area contributed by atoms with Gasteiger partial charge in [-0.2, -0.15) is 0 Å².